The monoisotopic (exact) mass is 328 g/mol. The largest absolute Gasteiger partial charge is 0.330 e. The molecule has 0 saturated carbocycles. The Morgan fingerprint density at radius 3 is 2.05 bits per heavy atom. The quantitative estimate of drug-likeness (QED) is 0.714. The maximum absolute atomic E-state index is 6.07. The molecule has 1 rings (SSSR count). The highest BCUT2D eigenvalue weighted by Gasteiger charge is 2.02. The minimum atomic E-state index is 0. The number of rotatable bonds is 8. The highest BCUT2D eigenvalue weighted by Crippen LogP contribution is 2.08. The number of nitrogens with two attached hydrogens (primary N) is 2. The van der Waals surface area contributed by atoms with Gasteiger partial charge in [0.05, 0.1) is 0 Å². The summed E-state index contributed by atoms with van der Waals surface area (Å²) in [6.07, 6.45) is 6.88. The Labute approximate surface area is 135 Å². The van der Waals surface area contributed by atoms with Crippen LogP contribution >= 0.6 is 37.2 Å². The average Bonchev–Trinajstić information content (AvgIpc) is 2.33. The molecule has 5 heteroatoms. The van der Waals surface area contributed by atoms with E-state index in [1.54, 1.807) is 0 Å². The number of unbranched alkanes of at least 4 members (excludes halogenated alkanes) is 2. The van der Waals surface area contributed by atoms with E-state index in [1.165, 1.54) is 18.4 Å². The van der Waals surface area contributed by atoms with Crippen molar-refractivity contribution >= 4 is 37.2 Å². The van der Waals surface area contributed by atoms with Crippen LogP contribution in [0.2, 0.25) is 0 Å². The second-order valence-corrected chi connectivity index (χ2v) is 4.42. The van der Waals surface area contributed by atoms with Crippen LogP contribution in [0.4, 0.5) is 0 Å². The molecule has 0 aliphatic carbocycles. The van der Waals surface area contributed by atoms with E-state index in [2.05, 4.69) is 30.3 Å². The fraction of sp³-hybridized carbons (Fsp3) is 0.571. The Morgan fingerprint density at radius 1 is 0.842 bits per heavy atom. The Kier molecular flexibility index (Phi) is 20.3. The Bertz CT molecular complexity index is 271. The van der Waals surface area contributed by atoms with Crippen LogP contribution in [0.15, 0.2) is 30.3 Å². The summed E-state index contributed by atoms with van der Waals surface area (Å²) in [5.74, 6) is 0. The summed E-state index contributed by atoms with van der Waals surface area (Å²) in [4.78, 5) is 0. The molecule has 0 radical (unpaired) electrons. The maximum atomic E-state index is 6.07. The number of aryl methyl sites for hydroxylation is 1. The second kappa shape index (κ2) is 16.1. The molecule has 0 bridgehead atoms. The molecule has 0 heterocycles. The van der Waals surface area contributed by atoms with Crippen LogP contribution < -0.4 is 11.5 Å². The van der Waals surface area contributed by atoms with E-state index in [0.717, 1.165) is 32.2 Å². The molecular weight excluding hydrogens is 303 g/mol. The molecule has 0 spiro atoms. The van der Waals surface area contributed by atoms with Crippen LogP contribution in [0.25, 0.3) is 0 Å². The van der Waals surface area contributed by atoms with E-state index in [1.807, 2.05) is 0 Å². The molecule has 1 aromatic carbocycles. The van der Waals surface area contributed by atoms with Crippen LogP contribution in [0.1, 0.15) is 37.7 Å². The summed E-state index contributed by atoms with van der Waals surface area (Å²) in [6, 6.07) is 10.9. The Morgan fingerprint density at radius 2 is 1.47 bits per heavy atom. The van der Waals surface area contributed by atoms with Gasteiger partial charge in [-0.15, -0.1) is 37.2 Å². The zero-order chi connectivity index (χ0) is 11.6. The van der Waals surface area contributed by atoms with Gasteiger partial charge in [-0.25, -0.2) is 0 Å². The summed E-state index contributed by atoms with van der Waals surface area (Å²) in [6.45, 7) is 0.805. The summed E-state index contributed by atoms with van der Waals surface area (Å²) in [5, 5.41) is 0. The average molecular weight is 330 g/mol. The first kappa shape index (κ1) is 24.1. The van der Waals surface area contributed by atoms with Gasteiger partial charge >= 0.3 is 0 Å². The van der Waals surface area contributed by atoms with Gasteiger partial charge in [0, 0.05) is 6.04 Å². The zero-order valence-electron chi connectivity index (χ0n) is 11.3. The molecule has 0 aliphatic rings. The lowest BCUT2D eigenvalue weighted by molar-refractivity contribution is 0.525. The molecule has 114 valence electrons. The number of benzene rings is 1. The number of hydrogen-bond acceptors (Lipinski definition) is 2. The van der Waals surface area contributed by atoms with Crippen LogP contribution in [0, 0.1) is 0 Å². The van der Waals surface area contributed by atoms with Gasteiger partial charge in [-0.1, -0.05) is 43.2 Å². The molecule has 19 heavy (non-hydrogen) atoms. The first-order chi connectivity index (χ1) is 7.83. The summed E-state index contributed by atoms with van der Waals surface area (Å²) < 4.78 is 0. The van der Waals surface area contributed by atoms with E-state index in [9.17, 15) is 0 Å². The lowest BCUT2D eigenvalue weighted by atomic mass is 10.0. The van der Waals surface area contributed by atoms with E-state index in [4.69, 9.17) is 11.5 Å². The van der Waals surface area contributed by atoms with Crippen molar-refractivity contribution in [1.29, 1.82) is 0 Å². The van der Waals surface area contributed by atoms with Crippen LogP contribution in [-0.4, -0.2) is 12.6 Å². The van der Waals surface area contributed by atoms with Gasteiger partial charge < -0.3 is 11.5 Å². The fourth-order valence-corrected chi connectivity index (χ4v) is 1.87. The molecule has 4 N–H and O–H groups in total. The van der Waals surface area contributed by atoms with Crippen molar-refractivity contribution in [2.75, 3.05) is 6.54 Å². The van der Waals surface area contributed by atoms with Crippen LogP contribution in [0.5, 0.6) is 0 Å². The molecule has 1 atom stereocenters. The smallest absolute Gasteiger partial charge is 0.00419 e. The van der Waals surface area contributed by atoms with Crippen molar-refractivity contribution in [2.45, 2.75) is 44.6 Å². The van der Waals surface area contributed by atoms with Crippen molar-refractivity contribution < 1.29 is 0 Å². The minimum absolute atomic E-state index is 0. The second-order valence-electron chi connectivity index (χ2n) is 4.42. The van der Waals surface area contributed by atoms with Gasteiger partial charge in [-0.05, 0) is 37.8 Å². The molecule has 0 amide bonds. The Balaban J connectivity index is -0.000000853. The highest BCUT2D eigenvalue weighted by molar-refractivity contribution is 5.86. The van der Waals surface area contributed by atoms with Gasteiger partial charge in [0.15, 0.2) is 0 Å². The van der Waals surface area contributed by atoms with Crippen molar-refractivity contribution in [3.8, 4) is 0 Å². The van der Waals surface area contributed by atoms with Crippen molar-refractivity contribution in [3.63, 3.8) is 0 Å². The van der Waals surface area contributed by atoms with Crippen LogP contribution in [0.3, 0.4) is 0 Å². The third-order valence-electron chi connectivity index (χ3n) is 2.93. The van der Waals surface area contributed by atoms with Gasteiger partial charge in [0.25, 0.3) is 0 Å². The van der Waals surface area contributed by atoms with Crippen LogP contribution in [-0.2, 0) is 6.42 Å². The third kappa shape index (κ3) is 12.8. The van der Waals surface area contributed by atoms with Crippen molar-refractivity contribution in [1.82, 2.24) is 0 Å². The predicted molar refractivity (Wildman–Crippen MR) is 92.0 cm³/mol. The minimum Gasteiger partial charge on any atom is -0.330 e. The lowest BCUT2D eigenvalue weighted by Crippen LogP contribution is -2.20. The number of hydrogen-bond donors (Lipinski definition) is 2. The molecule has 1 unspecified atom stereocenters. The van der Waals surface area contributed by atoms with Gasteiger partial charge in [0.2, 0.25) is 0 Å². The molecule has 0 saturated heterocycles. The first-order valence-corrected chi connectivity index (χ1v) is 6.32. The predicted octanol–water partition coefficient (Wildman–Crippen LogP) is 3.73. The topological polar surface area (TPSA) is 52.0 Å². The van der Waals surface area contributed by atoms with E-state index < -0.39 is 0 Å². The van der Waals surface area contributed by atoms with Gasteiger partial charge in [-0.2, -0.15) is 0 Å². The van der Waals surface area contributed by atoms with E-state index in [-0.39, 0.29) is 37.2 Å². The van der Waals surface area contributed by atoms with Crippen molar-refractivity contribution in [3.05, 3.63) is 35.9 Å². The molecule has 0 aromatic heterocycles. The molecule has 0 aliphatic heterocycles. The summed E-state index contributed by atoms with van der Waals surface area (Å²) >= 11 is 0. The Hall–Kier alpha value is 0.01000. The zero-order valence-corrected chi connectivity index (χ0v) is 13.7. The highest BCUT2D eigenvalue weighted by atomic mass is 35.5. The van der Waals surface area contributed by atoms with Gasteiger partial charge in [-0.3, -0.25) is 0 Å². The molecule has 2 nitrogen and oxygen atoms in total. The molecule has 0 fully saturated rings. The van der Waals surface area contributed by atoms with E-state index >= 15 is 0 Å². The molecular formula is C14H27Cl3N2. The SMILES string of the molecule is Cl.Cl.Cl.NCCCCCC(N)CCc1ccccc1. The van der Waals surface area contributed by atoms with Crippen molar-refractivity contribution in [2.24, 2.45) is 11.5 Å². The maximum Gasteiger partial charge on any atom is 0.00419 e. The summed E-state index contributed by atoms with van der Waals surface area (Å²) in [7, 11) is 0. The summed E-state index contributed by atoms with van der Waals surface area (Å²) in [5.41, 5.74) is 12.9. The molecule has 1 aromatic rings. The standard InChI is InChI=1S/C14H24N2.3ClH/c15-12-6-2-5-9-14(16)11-10-13-7-3-1-4-8-13;;;/h1,3-4,7-8,14H,2,5-6,9-12,15-16H2;3*1H. The fourth-order valence-electron chi connectivity index (χ4n) is 1.87. The van der Waals surface area contributed by atoms with E-state index in [0.29, 0.717) is 6.04 Å². The lowest BCUT2D eigenvalue weighted by Gasteiger charge is -2.11. The first-order valence-electron chi connectivity index (χ1n) is 6.32. The number of halogens is 3. The van der Waals surface area contributed by atoms with Gasteiger partial charge in [0.1, 0.15) is 0 Å². The third-order valence-corrected chi connectivity index (χ3v) is 2.93. The normalized spacial score (nSPS) is 10.6.